The molecule has 0 aliphatic carbocycles. The maximum Gasteiger partial charge on any atom is 0.254 e. The van der Waals surface area contributed by atoms with Crippen LogP contribution >= 0.6 is 0 Å². The highest BCUT2D eigenvalue weighted by molar-refractivity contribution is 6.04. The number of rotatable bonds is 3. The van der Waals surface area contributed by atoms with Gasteiger partial charge in [-0.3, -0.25) is 9.69 Å². The predicted molar refractivity (Wildman–Crippen MR) is 122 cm³/mol. The topological polar surface area (TPSA) is 56.1 Å². The molecule has 0 atom stereocenters. The van der Waals surface area contributed by atoms with Crippen LogP contribution in [0.15, 0.2) is 90.8 Å². The highest BCUT2D eigenvalue weighted by atomic mass is 19.1. The zero-order valence-corrected chi connectivity index (χ0v) is 17.3. The zero-order chi connectivity index (χ0) is 22.9. The molecule has 2 heterocycles. The van der Waals surface area contributed by atoms with Gasteiger partial charge in [0.15, 0.2) is 0 Å². The van der Waals surface area contributed by atoms with Crippen LogP contribution in [0.25, 0.3) is 16.8 Å². The van der Waals surface area contributed by atoms with Crippen LogP contribution in [-0.2, 0) is 4.79 Å². The van der Waals surface area contributed by atoms with Crippen LogP contribution in [0.5, 0.6) is 0 Å². The van der Waals surface area contributed by atoms with Crippen molar-refractivity contribution < 1.29 is 13.6 Å². The Morgan fingerprint density at radius 3 is 2.36 bits per heavy atom. The summed E-state index contributed by atoms with van der Waals surface area (Å²) in [5.41, 5.74) is 4.28. The van der Waals surface area contributed by atoms with Gasteiger partial charge in [0.25, 0.3) is 5.91 Å². The molecule has 2 aliphatic rings. The van der Waals surface area contributed by atoms with Gasteiger partial charge in [-0.1, -0.05) is 42.5 Å². The summed E-state index contributed by atoms with van der Waals surface area (Å²) in [6, 6.07) is 21.9. The smallest absolute Gasteiger partial charge is 0.254 e. The van der Waals surface area contributed by atoms with E-state index in [-0.39, 0.29) is 18.0 Å². The molecule has 0 spiro atoms. The van der Waals surface area contributed by atoms with Crippen LogP contribution in [-0.4, -0.2) is 17.4 Å². The van der Waals surface area contributed by atoms with Crippen molar-refractivity contribution in [2.45, 2.75) is 0 Å². The molecule has 0 fully saturated rings. The number of benzene rings is 3. The molecule has 0 radical (unpaired) electrons. The second-order valence-electron chi connectivity index (χ2n) is 7.71. The van der Waals surface area contributed by atoms with Gasteiger partial charge in [0.1, 0.15) is 17.5 Å². The fourth-order valence-electron chi connectivity index (χ4n) is 4.02. The first-order valence-corrected chi connectivity index (χ1v) is 10.3. The first-order chi connectivity index (χ1) is 16.0. The van der Waals surface area contributed by atoms with Crippen molar-refractivity contribution in [1.29, 1.82) is 5.26 Å². The molecule has 1 N–H and O–H groups in total. The molecule has 0 saturated heterocycles. The Bertz CT molecular complexity index is 1400. The van der Waals surface area contributed by atoms with Crippen molar-refractivity contribution in [2.24, 2.45) is 0 Å². The lowest BCUT2D eigenvalue weighted by Gasteiger charge is -2.35. The second kappa shape index (κ2) is 8.21. The number of amides is 1. The van der Waals surface area contributed by atoms with Crippen LogP contribution in [0.1, 0.15) is 22.3 Å². The number of halogens is 2. The fraction of sp³-hybridized carbons (Fsp3) is 0.0370. The minimum absolute atomic E-state index is 0.216. The lowest BCUT2D eigenvalue weighted by molar-refractivity contribution is -0.124. The highest BCUT2D eigenvalue weighted by Crippen LogP contribution is 2.36. The molecular formula is C27H17F2N3O. The van der Waals surface area contributed by atoms with Gasteiger partial charge in [-0.25, -0.2) is 8.78 Å². The Morgan fingerprint density at radius 1 is 0.909 bits per heavy atom. The first-order valence-electron chi connectivity index (χ1n) is 10.3. The van der Waals surface area contributed by atoms with Gasteiger partial charge in [-0.2, -0.15) is 5.26 Å². The van der Waals surface area contributed by atoms with Gasteiger partial charge >= 0.3 is 0 Å². The number of hydrogen-bond acceptors (Lipinski definition) is 3. The van der Waals surface area contributed by atoms with Crippen molar-refractivity contribution >= 4 is 22.8 Å². The van der Waals surface area contributed by atoms with Crippen molar-refractivity contribution in [3.05, 3.63) is 125 Å². The third kappa shape index (κ3) is 3.81. The number of fused-ring (bicyclic) bond motifs is 1. The minimum Gasteiger partial charge on any atom is -0.341 e. The van der Waals surface area contributed by atoms with E-state index in [9.17, 15) is 13.6 Å². The third-order valence-corrected chi connectivity index (χ3v) is 5.68. The number of nitriles is 1. The standard InChI is InChI=1S/C27H17F2N3O/c28-20-10-11-21(24(29)12-20)22-13-26-31-25(19-8-6-17(15-30)7-9-19)14-27(33)32(26)16-23(22)18-4-2-1-3-5-18/h1-14,31H,16H2. The Balaban J connectivity index is 1.62. The third-order valence-electron chi connectivity index (χ3n) is 5.68. The van der Waals surface area contributed by atoms with Gasteiger partial charge < -0.3 is 5.32 Å². The molecule has 4 nitrogen and oxygen atoms in total. The number of nitrogens with zero attached hydrogens (tertiary/aromatic N) is 2. The number of hydrogen-bond donors (Lipinski definition) is 1. The number of carbonyl (C=O) groups is 1. The van der Waals surface area contributed by atoms with E-state index in [0.29, 0.717) is 22.7 Å². The summed E-state index contributed by atoms with van der Waals surface area (Å²) in [6.07, 6.45) is 3.22. The monoisotopic (exact) mass is 437 g/mol. The summed E-state index contributed by atoms with van der Waals surface area (Å²) in [5.74, 6) is -1.04. The van der Waals surface area contributed by atoms with Gasteiger partial charge in [-0.15, -0.1) is 0 Å². The minimum atomic E-state index is -0.672. The van der Waals surface area contributed by atoms with Crippen LogP contribution < -0.4 is 5.32 Å². The van der Waals surface area contributed by atoms with Crippen molar-refractivity contribution in [1.82, 2.24) is 10.2 Å². The average Bonchev–Trinajstić information content (AvgIpc) is 2.84. The maximum absolute atomic E-state index is 14.8. The quantitative estimate of drug-likeness (QED) is 0.622. The molecule has 33 heavy (non-hydrogen) atoms. The van der Waals surface area contributed by atoms with Crippen molar-refractivity contribution in [3.8, 4) is 6.07 Å². The van der Waals surface area contributed by atoms with Crippen molar-refractivity contribution in [2.75, 3.05) is 6.54 Å². The zero-order valence-electron chi connectivity index (χ0n) is 17.3. The van der Waals surface area contributed by atoms with E-state index in [4.69, 9.17) is 5.26 Å². The van der Waals surface area contributed by atoms with E-state index in [1.807, 2.05) is 30.3 Å². The van der Waals surface area contributed by atoms with Crippen molar-refractivity contribution in [3.63, 3.8) is 0 Å². The maximum atomic E-state index is 14.8. The summed E-state index contributed by atoms with van der Waals surface area (Å²) >= 11 is 0. The van der Waals surface area contributed by atoms with E-state index >= 15 is 0 Å². The van der Waals surface area contributed by atoms with Gasteiger partial charge in [0, 0.05) is 17.7 Å². The van der Waals surface area contributed by atoms with Gasteiger partial charge in [0.05, 0.1) is 23.9 Å². The molecule has 0 saturated carbocycles. The molecule has 0 bridgehead atoms. The molecule has 0 unspecified atom stereocenters. The normalized spacial score (nSPS) is 15.3. The SMILES string of the molecule is N#Cc1ccc(C2=CC(=O)N3CC(c4ccccc4)=C(c4ccc(F)cc4F)C=C3N2)cc1. The lowest BCUT2D eigenvalue weighted by Crippen LogP contribution is -2.42. The van der Waals surface area contributed by atoms with E-state index in [1.165, 1.54) is 18.2 Å². The summed E-state index contributed by atoms with van der Waals surface area (Å²) in [7, 11) is 0. The second-order valence-corrected chi connectivity index (χ2v) is 7.71. The molecule has 3 aromatic rings. The Labute approximate surface area is 189 Å². The highest BCUT2D eigenvalue weighted by Gasteiger charge is 2.30. The Morgan fingerprint density at radius 2 is 1.67 bits per heavy atom. The summed E-state index contributed by atoms with van der Waals surface area (Å²) in [5, 5.41) is 12.3. The average molecular weight is 437 g/mol. The predicted octanol–water partition coefficient (Wildman–Crippen LogP) is 5.08. The fourth-order valence-corrected chi connectivity index (χ4v) is 4.02. The van der Waals surface area contributed by atoms with Gasteiger partial charge in [0.2, 0.25) is 0 Å². The van der Waals surface area contributed by atoms with E-state index in [2.05, 4.69) is 11.4 Å². The molecule has 1 amide bonds. The lowest BCUT2D eigenvalue weighted by atomic mass is 9.90. The molecule has 6 heteroatoms. The van der Waals surface area contributed by atoms with E-state index in [1.54, 1.807) is 35.2 Å². The van der Waals surface area contributed by atoms with Crippen LogP contribution in [0, 0.1) is 23.0 Å². The van der Waals surface area contributed by atoms with E-state index < -0.39 is 11.6 Å². The molecule has 160 valence electrons. The van der Waals surface area contributed by atoms with Crippen LogP contribution in [0.3, 0.4) is 0 Å². The molecule has 2 aliphatic heterocycles. The number of nitrogens with one attached hydrogen (secondary N) is 1. The Hall–Kier alpha value is -4.50. The molecule has 5 rings (SSSR count). The number of allylic oxidation sites excluding steroid dienone is 2. The molecular weight excluding hydrogens is 420 g/mol. The summed E-state index contributed by atoms with van der Waals surface area (Å²) < 4.78 is 28.4. The summed E-state index contributed by atoms with van der Waals surface area (Å²) in [4.78, 5) is 14.6. The molecule has 0 aromatic heterocycles. The summed E-state index contributed by atoms with van der Waals surface area (Å²) in [6.45, 7) is 0.227. The van der Waals surface area contributed by atoms with Gasteiger partial charge in [-0.05, 0) is 52.6 Å². The van der Waals surface area contributed by atoms with Crippen LogP contribution in [0.2, 0.25) is 0 Å². The van der Waals surface area contributed by atoms with E-state index in [0.717, 1.165) is 22.8 Å². The van der Waals surface area contributed by atoms with Crippen LogP contribution in [0.4, 0.5) is 8.78 Å². The first kappa shape index (κ1) is 20.4. The number of carbonyl (C=O) groups excluding carboxylic acids is 1. The molecule has 3 aromatic carbocycles. The largest absolute Gasteiger partial charge is 0.341 e. The Kier molecular flexibility index (Phi) is 5.08.